The molecule has 0 spiro atoms. The number of nitrogens with zero attached hydrogens (tertiary/aromatic N) is 1. The van der Waals surface area contributed by atoms with Gasteiger partial charge in [-0.25, -0.2) is 0 Å². The summed E-state index contributed by atoms with van der Waals surface area (Å²) in [5.74, 6) is 0.0855. The normalized spacial score (nSPS) is 18.9. The van der Waals surface area contributed by atoms with Crippen LogP contribution in [-0.4, -0.2) is 31.3 Å². The van der Waals surface area contributed by atoms with Crippen molar-refractivity contribution >= 4 is 5.71 Å². The van der Waals surface area contributed by atoms with Crippen molar-refractivity contribution in [3.05, 3.63) is 35.4 Å². The van der Waals surface area contributed by atoms with Gasteiger partial charge in [-0.3, -0.25) is 0 Å². The van der Waals surface area contributed by atoms with Gasteiger partial charge < -0.3 is 14.3 Å². The van der Waals surface area contributed by atoms with Gasteiger partial charge in [-0.1, -0.05) is 35.0 Å². The van der Waals surface area contributed by atoms with E-state index in [2.05, 4.69) is 30.3 Å². The number of rotatable bonds is 7. The molecule has 0 N–H and O–H groups in total. The fourth-order valence-corrected chi connectivity index (χ4v) is 2.56. The molecule has 4 nitrogen and oxygen atoms in total. The first-order valence-electron chi connectivity index (χ1n) is 8.48. The molecular weight excluding hydrogens is 290 g/mol. The second-order valence-electron chi connectivity index (χ2n) is 6.76. The minimum Gasteiger partial charge on any atom is -0.396 e. The van der Waals surface area contributed by atoms with E-state index in [9.17, 15) is 0 Å². The molecule has 4 heteroatoms. The van der Waals surface area contributed by atoms with E-state index in [1.165, 1.54) is 5.56 Å². The Morgan fingerprint density at radius 2 is 2.00 bits per heavy atom. The van der Waals surface area contributed by atoms with Gasteiger partial charge in [0.1, 0.15) is 6.61 Å². The number of ether oxygens (including phenoxy) is 2. The summed E-state index contributed by atoms with van der Waals surface area (Å²) in [7, 11) is 0. The van der Waals surface area contributed by atoms with E-state index in [1.807, 2.05) is 26.8 Å². The van der Waals surface area contributed by atoms with Gasteiger partial charge in [0.2, 0.25) is 0 Å². The van der Waals surface area contributed by atoms with E-state index >= 15 is 0 Å². The molecular formula is C19H29NO3. The highest BCUT2D eigenvalue weighted by Gasteiger charge is 2.27. The van der Waals surface area contributed by atoms with Gasteiger partial charge >= 0.3 is 0 Å². The number of hydrogen-bond acceptors (Lipinski definition) is 4. The molecule has 1 aliphatic rings. The zero-order valence-corrected chi connectivity index (χ0v) is 14.8. The van der Waals surface area contributed by atoms with Gasteiger partial charge in [0, 0.05) is 5.92 Å². The molecule has 23 heavy (non-hydrogen) atoms. The van der Waals surface area contributed by atoms with E-state index in [0.717, 1.165) is 43.8 Å². The third kappa shape index (κ3) is 6.32. The van der Waals surface area contributed by atoms with Crippen LogP contribution in [0.1, 0.15) is 51.2 Å². The number of hydrogen-bond donors (Lipinski definition) is 0. The van der Waals surface area contributed by atoms with Crippen LogP contribution in [0.25, 0.3) is 0 Å². The monoisotopic (exact) mass is 319 g/mol. The third-order valence-electron chi connectivity index (χ3n) is 4.07. The molecule has 1 aliphatic heterocycles. The molecule has 0 bridgehead atoms. The van der Waals surface area contributed by atoms with Crippen molar-refractivity contribution in [2.24, 2.45) is 11.1 Å². The maximum absolute atomic E-state index is 5.67. The van der Waals surface area contributed by atoms with Crippen molar-refractivity contribution in [3.63, 3.8) is 0 Å². The highest BCUT2D eigenvalue weighted by atomic mass is 16.7. The molecule has 1 heterocycles. The van der Waals surface area contributed by atoms with Crippen molar-refractivity contribution in [3.8, 4) is 0 Å². The van der Waals surface area contributed by atoms with Crippen LogP contribution < -0.4 is 0 Å². The molecule has 0 aliphatic carbocycles. The van der Waals surface area contributed by atoms with Crippen molar-refractivity contribution < 1.29 is 14.3 Å². The Labute approximate surface area is 139 Å². The molecule has 0 aromatic heterocycles. The number of oxime groups is 1. The predicted octanol–water partition coefficient (Wildman–Crippen LogP) is 4.31. The fourth-order valence-electron chi connectivity index (χ4n) is 2.56. The quantitative estimate of drug-likeness (QED) is 0.427. The van der Waals surface area contributed by atoms with Crippen LogP contribution in [-0.2, 0) is 14.3 Å². The van der Waals surface area contributed by atoms with Gasteiger partial charge in [0.25, 0.3) is 0 Å². The molecule has 0 amide bonds. The lowest BCUT2D eigenvalue weighted by Gasteiger charge is -2.34. The van der Waals surface area contributed by atoms with Crippen LogP contribution >= 0.6 is 0 Å². The lowest BCUT2D eigenvalue weighted by Crippen LogP contribution is -2.39. The van der Waals surface area contributed by atoms with Crippen molar-refractivity contribution in [2.75, 3.05) is 19.8 Å². The maximum Gasteiger partial charge on any atom is 0.162 e. The molecule has 0 atom stereocenters. The van der Waals surface area contributed by atoms with E-state index < -0.39 is 5.79 Å². The number of benzene rings is 1. The zero-order valence-electron chi connectivity index (χ0n) is 14.8. The smallest absolute Gasteiger partial charge is 0.162 e. The summed E-state index contributed by atoms with van der Waals surface area (Å²) < 4.78 is 11.3. The van der Waals surface area contributed by atoms with E-state index in [-0.39, 0.29) is 0 Å². The minimum atomic E-state index is -0.415. The first-order chi connectivity index (χ1) is 11.0. The minimum absolute atomic E-state index is 0.415. The topological polar surface area (TPSA) is 40.0 Å². The first-order valence-corrected chi connectivity index (χ1v) is 8.48. The van der Waals surface area contributed by atoms with Crippen molar-refractivity contribution in [2.45, 2.75) is 52.7 Å². The van der Waals surface area contributed by atoms with Crippen LogP contribution in [0, 0.1) is 12.8 Å². The van der Waals surface area contributed by atoms with Crippen LogP contribution in [0.15, 0.2) is 29.4 Å². The van der Waals surface area contributed by atoms with E-state index in [1.54, 1.807) is 0 Å². The summed E-state index contributed by atoms with van der Waals surface area (Å²) in [6.07, 6.45) is 3.22. The van der Waals surface area contributed by atoms with Gasteiger partial charge in [0.15, 0.2) is 5.79 Å². The Balaban J connectivity index is 1.60. The largest absolute Gasteiger partial charge is 0.396 e. The lowest BCUT2D eigenvalue weighted by atomic mass is 10.0. The Bertz CT molecular complexity index is 515. The Hall–Kier alpha value is -1.39. The van der Waals surface area contributed by atoms with Crippen LogP contribution in [0.2, 0.25) is 0 Å². The van der Waals surface area contributed by atoms with Crippen molar-refractivity contribution in [1.29, 1.82) is 0 Å². The summed E-state index contributed by atoms with van der Waals surface area (Å²) >= 11 is 0. The summed E-state index contributed by atoms with van der Waals surface area (Å²) in [5, 5.41) is 4.21. The number of aryl methyl sites for hydroxylation is 1. The van der Waals surface area contributed by atoms with Crippen LogP contribution in [0.5, 0.6) is 0 Å². The molecule has 0 radical (unpaired) electrons. The van der Waals surface area contributed by atoms with Crippen LogP contribution in [0.3, 0.4) is 0 Å². The Morgan fingerprint density at radius 3 is 2.70 bits per heavy atom. The Kier molecular flexibility index (Phi) is 6.60. The summed E-state index contributed by atoms with van der Waals surface area (Å²) in [6, 6.07) is 8.29. The summed E-state index contributed by atoms with van der Waals surface area (Å²) in [6.45, 7) is 10.2. The van der Waals surface area contributed by atoms with Gasteiger partial charge in [-0.15, -0.1) is 0 Å². The highest BCUT2D eigenvalue weighted by molar-refractivity contribution is 5.98. The van der Waals surface area contributed by atoms with Gasteiger partial charge in [0.05, 0.1) is 18.9 Å². The first kappa shape index (κ1) is 18.0. The van der Waals surface area contributed by atoms with Crippen molar-refractivity contribution in [1.82, 2.24) is 0 Å². The highest BCUT2D eigenvalue weighted by Crippen LogP contribution is 2.23. The third-order valence-corrected chi connectivity index (χ3v) is 4.07. The predicted molar refractivity (Wildman–Crippen MR) is 92.7 cm³/mol. The molecule has 128 valence electrons. The average Bonchev–Trinajstić information content (AvgIpc) is 2.52. The SMILES string of the molecule is CC(=NOCCCCC1COC(C)(C)OC1)c1cccc(C)c1. The average molecular weight is 319 g/mol. The Morgan fingerprint density at radius 1 is 1.26 bits per heavy atom. The van der Waals surface area contributed by atoms with E-state index in [4.69, 9.17) is 14.3 Å². The van der Waals surface area contributed by atoms with Gasteiger partial charge in [-0.2, -0.15) is 0 Å². The molecule has 0 unspecified atom stereocenters. The summed E-state index contributed by atoms with van der Waals surface area (Å²) in [5.41, 5.74) is 3.27. The zero-order chi connectivity index (χ0) is 16.7. The molecule has 1 fully saturated rings. The van der Waals surface area contributed by atoms with E-state index in [0.29, 0.717) is 12.5 Å². The van der Waals surface area contributed by atoms with Crippen LogP contribution in [0.4, 0.5) is 0 Å². The fraction of sp³-hybridized carbons (Fsp3) is 0.632. The standard InChI is InChI=1S/C19H29NO3/c1-15-8-7-10-18(12-15)16(2)20-23-11-6-5-9-17-13-21-19(3,4)22-14-17/h7-8,10,12,17H,5-6,9,11,13-14H2,1-4H3. The molecule has 2 rings (SSSR count). The molecule has 0 saturated carbocycles. The second-order valence-corrected chi connectivity index (χ2v) is 6.76. The second kappa shape index (κ2) is 8.46. The summed E-state index contributed by atoms with van der Waals surface area (Å²) in [4.78, 5) is 5.44. The molecule has 1 aromatic rings. The molecule has 1 aromatic carbocycles. The molecule has 1 saturated heterocycles. The van der Waals surface area contributed by atoms with Gasteiger partial charge in [-0.05, 0) is 52.5 Å². The number of unbranched alkanes of at least 4 members (excludes halogenated alkanes) is 1. The maximum atomic E-state index is 5.67. The lowest BCUT2D eigenvalue weighted by molar-refractivity contribution is -0.262.